The van der Waals surface area contributed by atoms with Gasteiger partial charge in [-0.2, -0.15) is 0 Å². The maximum atomic E-state index is 10.7. The molecule has 0 unspecified atom stereocenters. The largest absolute Gasteiger partial charge is 0.477 e. The van der Waals surface area contributed by atoms with Crippen molar-refractivity contribution in [2.24, 2.45) is 5.92 Å². The van der Waals surface area contributed by atoms with Crippen LogP contribution in [0.4, 0.5) is 5.95 Å². The fourth-order valence-electron chi connectivity index (χ4n) is 1.33. The fraction of sp³-hybridized carbons (Fsp3) is 0.545. The number of ether oxygens (including phenoxy) is 1. The monoisotopic (exact) mass is 237 g/mol. The fourth-order valence-corrected chi connectivity index (χ4v) is 1.33. The van der Waals surface area contributed by atoms with Crippen LogP contribution in [0.5, 0.6) is 0 Å². The first-order valence-corrected chi connectivity index (χ1v) is 5.63. The molecule has 1 heterocycles. The summed E-state index contributed by atoms with van der Waals surface area (Å²) in [5.74, 6) is 0.0157. The van der Waals surface area contributed by atoms with Crippen LogP contribution in [-0.2, 0) is 4.74 Å². The molecule has 0 saturated heterocycles. The summed E-state index contributed by atoms with van der Waals surface area (Å²) >= 11 is 0. The topological polar surface area (TPSA) is 84.3 Å². The summed E-state index contributed by atoms with van der Waals surface area (Å²) < 4.78 is 5.42. The van der Waals surface area contributed by atoms with Crippen molar-refractivity contribution in [3.05, 3.63) is 18.0 Å². The quantitative estimate of drug-likeness (QED) is 0.688. The smallest absolute Gasteiger partial charge is 0.354 e. The van der Waals surface area contributed by atoms with Crippen LogP contribution in [0, 0.1) is 5.92 Å². The van der Waals surface area contributed by atoms with Gasteiger partial charge in [-0.25, -0.2) is 14.8 Å². The first-order chi connectivity index (χ1) is 8.25. The minimum atomic E-state index is -1.06. The predicted molar refractivity (Wildman–Crippen MR) is 61.0 cm³/mol. The van der Waals surface area contributed by atoms with Crippen LogP contribution in [0.15, 0.2) is 12.3 Å². The molecule has 0 aliphatic heterocycles. The zero-order valence-electron chi connectivity index (χ0n) is 9.43. The van der Waals surface area contributed by atoms with Crippen LogP contribution >= 0.6 is 0 Å². The van der Waals surface area contributed by atoms with Gasteiger partial charge in [-0.15, -0.1) is 0 Å². The Bertz CT molecular complexity index is 393. The molecule has 0 spiro atoms. The Balaban J connectivity index is 1.70. The number of nitrogens with zero attached hydrogens (tertiary/aromatic N) is 2. The highest BCUT2D eigenvalue weighted by Crippen LogP contribution is 2.28. The molecule has 0 radical (unpaired) electrons. The second-order valence-electron chi connectivity index (χ2n) is 4.02. The maximum Gasteiger partial charge on any atom is 0.354 e. The normalized spacial score (nSPS) is 14.6. The molecule has 1 fully saturated rings. The van der Waals surface area contributed by atoms with Gasteiger partial charge in [0.15, 0.2) is 5.69 Å². The first-order valence-electron chi connectivity index (χ1n) is 5.63. The first kappa shape index (κ1) is 11.8. The summed E-state index contributed by atoms with van der Waals surface area (Å²) in [6.07, 6.45) is 3.97. The highest BCUT2D eigenvalue weighted by atomic mass is 16.5. The van der Waals surface area contributed by atoms with Gasteiger partial charge in [-0.3, -0.25) is 0 Å². The minimum absolute atomic E-state index is 0.0126. The van der Waals surface area contributed by atoms with E-state index in [4.69, 9.17) is 9.84 Å². The lowest BCUT2D eigenvalue weighted by Gasteiger charge is -2.05. The lowest BCUT2D eigenvalue weighted by Crippen LogP contribution is -2.13. The van der Waals surface area contributed by atoms with Crippen molar-refractivity contribution < 1.29 is 14.6 Å². The number of carboxylic acid groups (broad SMARTS) is 1. The number of nitrogens with one attached hydrogen (secondary N) is 1. The van der Waals surface area contributed by atoms with Gasteiger partial charge in [-0.05, 0) is 24.8 Å². The van der Waals surface area contributed by atoms with Gasteiger partial charge in [-0.1, -0.05) is 0 Å². The lowest BCUT2D eigenvalue weighted by atomic mass is 10.4. The van der Waals surface area contributed by atoms with Gasteiger partial charge in [0.2, 0.25) is 5.95 Å². The van der Waals surface area contributed by atoms with E-state index >= 15 is 0 Å². The molecule has 0 aromatic carbocycles. The number of aromatic carboxylic acids is 1. The third-order valence-electron chi connectivity index (χ3n) is 2.45. The number of anilines is 1. The lowest BCUT2D eigenvalue weighted by molar-refractivity contribution is 0.0690. The Hall–Kier alpha value is -1.69. The third-order valence-corrected chi connectivity index (χ3v) is 2.45. The van der Waals surface area contributed by atoms with Crippen molar-refractivity contribution in [3.8, 4) is 0 Å². The van der Waals surface area contributed by atoms with Crippen LogP contribution in [-0.4, -0.2) is 40.8 Å². The molecule has 1 aromatic rings. The van der Waals surface area contributed by atoms with Gasteiger partial charge < -0.3 is 15.2 Å². The van der Waals surface area contributed by atoms with Gasteiger partial charge in [0.05, 0.1) is 6.61 Å². The van der Waals surface area contributed by atoms with Gasteiger partial charge in [0, 0.05) is 19.3 Å². The van der Waals surface area contributed by atoms with E-state index in [2.05, 4.69) is 15.3 Å². The molecule has 0 bridgehead atoms. The zero-order valence-corrected chi connectivity index (χ0v) is 9.43. The zero-order chi connectivity index (χ0) is 12.1. The summed E-state index contributed by atoms with van der Waals surface area (Å²) in [5, 5.41) is 11.7. The summed E-state index contributed by atoms with van der Waals surface area (Å²) in [5.41, 5.74) is -0.0126. The predicted octanol–water partition coefficient (Wildman–Crippen LogP) is 1.01. The van der Waals surface area contributed by atoms with E-state index in [9.17, 15) is 4.79 Å². The van der Waals surface area contributed by atoms with E-state index in [0.717, 1.165) is 12.5 Å². The summed E-state index contributed by atoms with van der Waals surface area (Å²) in [6, 6.07) is 1.36. The van der Waals surface area contributed by atoms with Crippen LogP contribution < -0.4 is 5.32 Å². The average Bonchev–Trinajstić information content (AvgIpc) is 3.13. The molecule has 2 N–H and O–H groups in total. The number of hydrogen-bond acceptors (Lipinski definition) is 5. The van der Waals surface area contributed by atoms with Crippen LogP contribution in [0.25, 0.3) is 0 Å². The maximum absolute atomic E-state index is 10.7. The molecule has 17 heavy (non-hydrogen) atoms. The molecule has 1 saturated carbocycles. The Kier molecular flexibility index (Phi) is 3.87. The number of aromatic nitrogens is 2. The standard InChI is InChI=1S/C11H15N3O3/c15-10(16)9-3-4-12-11(14-9)13-5-6-17-7-8-1-2-8/h3-4,8H,1-2,5-7H2,(H,15,16)(H,12,13,14). The van der Waals surface area contributed by atoms with Crippen molar-refractivity contribution in [1.29, 1.82) is 0 Å². The van der Waals surface area contributed by atoms with Crippen molar-refractivity contribution in [2.45, 2.75) is 12.8 Å². The van der Waals surface area contributed by atoms with Gasteiger partial charge in [0.25, 0.3) is 0 Å². The van der Waals surface area contributed by atoms with E-state index in [1.54, 1.807) is 0 Å². The number of carbonyl (C=O) groups is 1. The molecule has 6 nitrogen and oxygen atoms in total. The molecule has 0 amide bonds. The Morgan fingerprint density at radius 2 is 2.41 bits per heavy atom. The molecule has 1 aromatic heterocycles. The van der Waals surface area contributed by atoms with Crippen LogP contribution in [0.3, 0.4) is 0 Å². The van der Waals surface area contributed by atoms with Crippen LogP contribution in [0.1, 0.15) is 23.3 Å². The van der Waals surface area contributed by atoms with Crippen molar-refractivity contribution in [1.82, 2.24) is 9.97 Å². The molecule has 92 valence electrons. The number of hydrogen-bond donors (Lipinski definition) is 2. The molecule has 0 atom stereocenters. The number of rotatable bonds is 7. The van der Waals surface area contributed by atoms with Crippen LogP contribution in [0.2, 0.25) is 0 Å². The molecule has 1 aliphatic rings. The van der Waals surface area contributed by atoms with Gasteiger partial charge in [0.1, 0.15) is 0 Å². The Morgan fingerprint density at radius 3 is 3.12 bits per heavy atom. The second-order valence-corrected chi connectivity index (χ2v) is 4.02. The Morgan fingerprint density at radius 1 is 1.59 bits per heavy atom. The highest BCUT2D eigenvalue weighted by molar-refractivity contribution is 5.85. The van der Waals surface area contributed by atoms with E-state index in [-0.39, 0.29) is 5.69 Å². The third kappa shape index (κ3) is 3.99. The second kappa shape index (κ2) is 5.58. The van der Waals surface area contributed by atoms with Crippen molar-refractivity contribution in [3.63, 3.8) is 0 Å². The van der Waals surface area contributed by atoms with Crippen molar-refractivity contribution in [2.75, 3.05) is 25.1 Å². The molecule has 6 heteroatoms. The van der Waals surface area contributed by atoms with E-state index in [1.165, 1.54) is 25.1 Å². The summed E-state index contributed by atoms with van der Waals surface area (Å²) in [7, 11) is 0. The number of carboxylic acids is 1. The molecular weight excluding hydrogens is 222 g/mol. The van der Waals surface area contributed by atoms with E-state index < -0.39 is 5.97 Å². The summed E-state index contributed by atoms with van der Waals surface area (Å²) in [4.78, 5) is 18.4. The summed E-state index contributed by atoms with van der Waals surface area (Å²) in [6.45, 7) is 1.98. The minimum Gasteiger partial charge on any atom is -0.477 e. The SMILES string of the molecule is O=C(O)c1ccnc(NCCOCC2CC2)n1. The van der Waals surface area contributed by atoms with E-state index in [1.807, 2.05) is 0 Å². The van der Waals surface area contributed by atoms with Crippen molar-refractivity contribution >= 4 is 11.9 Å². The average molecular weight is 237 g/mol. The molecule has 1 aliphatic carbocycles. The molecular formula is C11H15N3O3. The molecule has 2 rings (SSSR count). The highest BCUT2D eigenvalue weighted by Gasteiger charge is 2.20. The van der Waals surface area contributed by atoms with E-state index in [0.29, 0.717) is 19.1 Å². The van der Waals surface area contributed by atoms with Gasteiger partial charge >= 0.3 is 5.97 Å². The Labute approximate surface area is 99.0 Å².